The number of hydrogen-bond donors (Lipinski definition) is 0. The smallest absolute Gasteiger partial charge is 0.145 e. The van der Waals surface area contributed by atoms with E-state index >= 15 is 0 Å². The Balaban J connectivity index is 1.53. The van der Waals surface area contributed by atoms with Gasteiger partial charge < -0.3 is 8.98 Å². The van der Waals surface area contributed by atoms with Crippen molar-refractivity contribution in [2.45, 2.75) is 0 Å². The highest BCUT2D eigenvalue weighted by molar-refractivity contribution is 6.24. The van der Waals surface area contributed by atoms with Gasteiger partial charge in [0.05, 0.1) is 16.4 Å². The molecule has 0 aliphatic carbocycles. The normalized spacial score (nSPS) is 12.1. The van der Waals surface area contributed by atoms with Gasteiger partial charge in [0.25, 0.3) is 0 Å². The number of para-hydroxylation sites is 2. The second-order valence-electron chi connectivity index (χ2n) is 8.98. The van der Waals surface area contributed by atoms with Crippen molar-refractivity contribution in [2.24, 2.45) is 0 Å². The zero-order chi connectivity index (χ0) is 22.2. The van der Waals surface area contributed by atoms with Gasteiger partial charge in [-0.1, -0.05) is 78.9 Å². The summed E-state index contributed by atoms with van der Waals surface area (Å²) in [5.41, 5.74) is 5.39. The Labute approximate surface area is 195 Å². The molecule has 2 heteroatoms. The van der Waals surface area contributed by atoms with Crippen LogP contribution in [-0.4, -0.2) is 4.57 Å². The van der Waals surface area contributed by atoms with E-state index in [0.717, 1.165) is 33.1 Å². The van der Waals surface area contributed by atoms with Crippen LogP contribution in [0.4, 0.5) is 0 Å². The van der Waals surface area contributed by atoms with Crippen LogP contribution in [0.3, 0.4) is 0 Å². The molecular formula is C32H19NO. The van der Waals surface area contributed by atoms with Gasteiger partial charge in [-0.15, -0.1) is 0 Å². The Morgan fingerprint density at radius 1 is 0.471 bits per heavy atom. The van der Waals surface area contributed by atoms with E-state index < -0.39 is 0 Å². The quantitative estimate of drug-likeness (QED) is 0.236. The predicted octanol–water partition coefficient (Wildman–Crippen LogP) is 8.99. The average molecular weight is 434 g/mol. The maximum absolute atomic E-state index is 6.44. The number of rotatable bonds is 1. The van der Waals surface area contributed by atoms with Crippen LogP contribution in [-0.2, 0) is 0 Å². The maximum Gasteiger partial charge on any atom is 0.145 e. The van der Waals surface area contributed by atoms with Crippen molar-refractivity contribution in [1.29, 1.82) is 0 Å². The van der Waals surface area contributed by atoms with E-state index in [1.165, 1.54) is 37.8 Å². The molecule has 34 heavy (non-hydrogen) atoms. The lowest BCUT2D eigenvalue weighted by molar-refractivity contribution is 0.673. The summed E-state index contributed by atoms with van der Waals surface area (Å²) in [5, 5.41) is 9.77. The molecule has 0 aliphatic rings. The van der Waals surface area contributed by atoms with Crippen LogP contribution in [0.15, 0.2) is 120 Å². The van der Waals surface area contributed by atoms with Crippen LogP contribution < -0.4 is 0 Å². The molecule has 0 unspecified atom stereocenters. The minimum Gasteiger partial charge on any atom is -0.455 e. The molecule has 8 aromatic rings. The first-order valence-corrected chi connectivity index (χ1v) is 11.6. The Hall–Kier alpha value is -4.56. The number of benzene rings is 6. The summed E-state index contributed by atoms with van der Waals surface area (Å²) in [6, 6.07) is 41.2. The van der Waals surface area contributed by atoms with Gasteiger partial charge in [-0.3, -0.25) is 0 Å². The van der Waals surface area contributed by atoms with E-state index in [4.69, 9.17) is 4.42 Å². The second-order valence-corrected chi connectivity index (χ2v) is 8.98. The lowest BCUT2D eigenvalue weighted by Crippen LogP contribution is -1.94. The SMILES string of the molecule is c1ccc2c(c1)ccc1ccc(-n3c4ccccc4c4c5oc6ccccc6c5ccc43)cc12. The van der Waals surface area contributed by atoms with E-state index in [2.05, 4.69) is 114 Å². The Bertz CT molecular complexity index is 2070. The number of furan rings is 1. The molecule has 2 nitrogen and oxygen atoms in total. The summed E-state index contributed by atoms with van der Waals surface area (Å²) in [7, 11) is 0. The van der Waals surface area contributed by atoms with E-state index in [9.17, 15) is 0 Å². The van der Waals surface area contributed by atoms with Gasteiger partial charge in [0.15, 0.2) is 0 Å². The van der Waals surface area contributed by atoms with Crippen LogP contribution in [0.5, 0.6) is 0 Å². The molecule has 158 valence electrons. The monoisotopic (exact) mass is 433 g/mol. The van der Waals surface area contributed by atoms with Gasteiger partial charge in [0.1, 0.15) is 11.2 Å². The summed E-state index contributed by atoms with van der Waals surface area (Å²) in [5.74, 6) is 0. The van der Waals surface area contributed by atoms with E-state index in [-0.39, 0.29) is 0 Å². The zero-order valence-electron chi connectivity index (χ0n) is 18.3. The van der Waals surface area contributed by atoms with Gasteiger partial charge in [-0.2, -0.15) is 0 Å². The molecule has 8 rings (SSSR count). The summed E-state index contributed by atoms with van der Waals surface area (Å²) in [4.78, 5) is 0. The lowest BCUT2D eigenvalue weighted by Gasteiger charge is -2.11. The van der Waals surface area contributed by atoms with Gasteiger partial charge in [-0.05, 0) is 57.9 Å². The molecule has 0 atom stereocenters. The Kier molecular flexibility index (Phi) is 3.42. The zero-order valence-corrected chi connectivity index (χ0v) is 18.3. The van der Waals surface area contributed by atoms with Crippen molar-refractivity contribution in [3.05, 3.63) is 115 Å². The highest BCUT2D eigenvalue weighted by Gasteiger charge is 2.18. The summed E-state index contributed by atoms with van der Waals surface area (Å²) in [6.07, 6.45) is 0. The first-order chi connectivity index (χ1) is 16.9. The summed E-state index contributed by atoms with van der Waals surface area (Å²) >= 11 is 0. The third-order valence-electron chi connectivity index (χ3n) is 7.17. The van der Waals surface area contributed by atoms with Crippen molar-refractivity contribution in [2.75, 3.05) is 0 Å². The van der Waals surface area contributed by atoms with Crippen LogP contribution in [0, 0.1) is 0 Å². The minimum absolute atomic E-state index is 0.930. The lowest BCUT2D eigenvalue weighted by atomic mass is 10.0. The number of fused-ring (bicyclic) bond motifs is 10. The largest absolute Gasteiger partial charge is 0.455 e. The molecule has 6 aromatic carbocycles. The van der Waals surface area contributed by atoms with Crippen LogP contribution in [0.1, 0.15) is 0 Å². The van der Waals surface area contributed by atoms with Crippen molar-refractivity contribution in [3.8, 4) is 5.69 Å². The van der Waals surface area contributed by atoms with Crippen molar-refractivity contribution >= 4 is 65.3 Å². The third-order valence-corrected chi connectivity index (χ3v) is 7.17. The number of nitrogens with zero attached hydrogens (tertiary/aromatic N) is 1. The first-order valence-electron chi connectivity index (χ1n) is 11.6. The first kappa shape index (κ1) is 17.9. The molecule has 0 aliphatic heterocycles. The molecule has 0 amide bonds. The molecule has 0 radical (unpaired) electrons. The summed E-state index contributed by atoms with van der Waals surface area (Å²) < 4.78 is 8.81. The molecule has 0 saturated carbocycles. The van der Waals surface area contributed by atoms with Gasteiger partial charge >= 0.3 is 0 Å². The van der Waals surface area contributed by atoms with Crippen molar-refractivity contribution in [1.82, 2.24) is 4.57 Å². The fraction of sp³-hybridized carbons (Fsp3) is 0. The second kappa shape index (κ2) is 6.49. The number of hydrogen-bond acceptors (Lipinski definition) is 1. The molecule has 0 saturated heterocycles. The standard InChI is InChI=1S/C32H19NO/c1-2-8-23-20(7-1)13-14-21-15-16-22(19-27(21)23)33-28-11-5-3-10-26(28)31-29(33)18-17-25-24-9-4-6-12-30(24)34-32(25)31/h1-19H. The molecule has 0 bridgehead atoms. The summed E-state index contributed by atoms with van der Waals surface area (Å²) in [6.45, 7) is 0. The van der Waals surface area contributed by atoms with Gasteiger partial charge in [0.2, 0.25) is 0 Å². The van der Waals surface area contributed by atoms with E-state index in [1.807, 2.05) is 6.07 Å². The van der Waals surface area contributed by atoms with Gasteiger partial charge in [0, 0.05) is 21.8 Å². The topological polar surface area (TPSA) is 18.1 Å². The highest BCUT2D eigenvalue weighted by atomic mass is 16.3. The van der Waals surface area contributed by atoms with Gasteiger partial charge in [-0.25, -0.2) is 0 Å². The van der Waals surface area contributed by atoms with Crippen LogP contribution in [0.2, 0.25) is 0 Å². The van der Waals surface area contributed by atoms with E-state index in [1.54, 1.807) is 0 Å². The molecule has 0 fully saturated rings. The van der Waals surface area contributed by atoms with Crippen LogP contribution >= 0.6 is 0 Å². The fourth-order valence-electron chi connectivity index (χ4n) is 5.64. The predicted molar refractivity (Wildman–Crippen MR) is 143 cm³/mol. The molecule has 0 N–H and O–H groups in total. The molecular weight excluding hydrogens is 414 g/mol. The maximum atomic E-state index is 6.44. The fourth-order valence-corrected chi connectivity index (χ4v) is 5.64. The average Bonchev–Trinajstić information content (AvgIpc) is 3.44. The Morgan fingerprint density at radius 2 is 1.18 bits per heavy atom. The minimum atomic E-state index is 0.930. The van der Waals surface area contributed by atoms with Crippen molar-refractivity contribution < 1.29 is 4.42 Å². The molecule has 0 spiro atoms. The third kappa shape index (κ3) is 2.29. The highest BCUT2D eigenvalue weighted by Crippen LogP contribution is 2.40. The number of aromatic nitrogens is 1. The Morgan fingerprint density at radius 3 is 2.09 bits per heavy atom. The molecule has 2 heterocycles. The van der Waals surface area contributed by atoms with E-state index in [0.29, 0.717) is 0 Å². The van der Waals surface area contributed by atoms with Crippen LogP contribution in [0.25, 0.3) is 71.0 Å². The molecule has 2 aromatic heterocycles. The van der Waals surface area contributed by atoms with Crippen molar-refractivity contribution in [3.63, 3.8) is 0 Å².